The number of rotatable bonds is 1. The quantitative estimate of drug-likeness (QED) is 0.775. The van der Waals surface area contributed by atoms with Crippen LogP contribution in [0.5, 0.6) is 0 Å². The fourth-order valence-corrected chi connectivity index (χ4v) is 3.00. The number of amides is 1. The van der Waals surface area contributed by atoms with Crippen molar-refractivity contribution in [3.05, 3.63) is 58.7 Å². The van der Waals surface area contributed by atoms with E-state index in [1.807, 2.05) is 24.3 Å². The first kappa shape index (κ1) is 12.8. The van der Waals surface area contributed by atoms with Crippen LogP contribution in [0.15, 0.2) is 36.4 Å². The maximum atomic E-state index is 12.2. The third-order valence-corrected chi connectivity index (χ3v) is 3.77. The molecule has 1 heterocycles. The van der Waals surface area contributed by atoms with E-state index < -0.39 is 0 Å². The molecule has 4 heteroatoms. The Hall–Kier alpha value is -2.23. The topological polar surface area (TPSA) is 41.1 Å². The fraction of sp³-hybridized carbons (Fsp3) is 0.188. The van der Waals surface area contributed by atoms with Crippen LogP contribution in [0.2, 0.25) is 0 Å². The van der Waals surface area contributed by atoms with E-state index >= 15 is 0 Å². The zero-order valence-corrected chi connectivity index (χ0v) is 11.9. The lowest BCUT2D eigenvalue weighted by atomic mass is 9.62. The van der Waals surface area contributed by atoms with Gasteiger partial charge in [-0.25, -0.2) is 0 Å². The van der Waals surface area contributed by atoms with Crippen LogP contribution >= 0.6 is 0 Å². The minimum absolute atomic E-state index is 0.0243. The van der Waals surface area contributed by atoms with Crippen molar-refractivity contribution in [2.45, 2.75) is 20.8 Å². The number of para-hydroxylation sites is 1. The summed E-state index contributed by atoms with van der Waals surface area (Å²) < 4.78 is 0. The van der Waals surface area contributed by atoms with Gasteiger partial charge in [-0.2, -0.15) is 0 Å². The minimum Gasteiger partial charge on any atom is -0.405 e. The number of fused-ring (bicyclic) bond motifs is 1. The molecule has 0 aromatic heterocycles. The second kappa shape index (κ2) is 4.71. The van der Waals surface area contributed by atoms with Crippen LogP contribution < -0.4 is 15.9 Å². The van der Waals surface area contributed by atoms with E-state index in [9.17, 15) is 4.79 Å². The zero-order chi connectivity index (χ0) is 14.3. The molecule has 0 aliphatic carbocycles. The average molecular weight is 264 g/mol. The second-order valence-corrected chi connectivity index (χ2v) is 5.41. The van der Waals surface area contributed by atoms with Crippen LogP contribution in [0, 0.1) is 20.8 Å². The van der Waals surface area contributed by atoms with E-state index in [1.165, 1.54) is 16.7 Å². The Morgan fingerprint density at radius 3 is 2.30 bits per heavy atom. The lowest BCUT2D eigenvalue weighted by Crippen LogP contribution is -2.58. The third kappa shape index (κ3) is 2.07. The molecule has 1 aliphatic rings. The Kier molecular flexibility index (Phi) is 3.01. The van der Waals surface area contributed by atoms with Crippen molar-refractivity contribution in [3.8, 4) is 0 Å². The summed E-state index contributed by atoms with van der Waals surface area (Å²) in [6, 6.07) is 11.9. The maximum Gasteiger partial charge on any atom is 0.409 e. The lowest BCUT2D eigenvalue weighted by Gasteiger charge is -2.27. The van der Waals surface area contributed by atoms with E-state index in [1.54, 1.807) is 0 Å². The van der Waals surface area contributed by atoms with E-state index in [0.717, 1.165) is 11.2 Å². The molecule has 2 aromatic rings. The molecule has 1 amide bonds. The molecular formula is C16H17BN2O. The van der Waals surface area contributed by atoms with Crippen molar-refractivity contribution in [3.63, 3.8) is 0 Å². The van der Waals surface area contributed by atoms with Crippen molar-refractivity contribution in [1.29, 1.82) is 0 Å². The van der Waals surface area contributed by atoms with Gasteiger partial charge in [0.05, 0.1) is 5.56 Å². The molecule has 0 saturated heterocycles. The van der Waals surface area contributed by atoms with Crippen molar-refractivity contribution >= 4 is 24.0 Å². The summed E-state index contributed by atoms with van der Waals surface area (Å²) in [5.74, 6) is -0.0243. The summed E-state index contributed by atoms with van der Waals surface area (Å²) >= 11 is 0. The van der Waals surface area contributed by atoms with Gasteiger partial charge in [0.15, 0.2) is 0 Å². The summed E-state index contributed by atoms with van der Waals surface area (Å²) in [5.41, 5.74) is 6.37. The molecule has 2 aromatic carbocycles. The molecule has 0 saturated carbocycles. The highest BCUT2D eigenvalue weighted by Crippen LogP contribution is 2.19. The van der Waals surface area contributed by atoms with Crippen molar-refractivity contribution in [1.82, 2.24) is 5.23 Å². The minimum atomic E-state index is -0.169. The molecule has 1 aliphatic heterocycles. The van der Waals surface area contributed by atoms with Crippen LogP contribution in [0.4, 0.5) is 5.69 Å². The Morgan fingerprint density at radius 2 is 1.60 bits per heavy atom. The Balaban J connectivity index is 2.04. The van der Waals surface area contributed by atoms with Crippen molar-refractivity contribution < 1.29 is 4.79 Å². The standard InChI is InChI=1S/C16H17BN2O/c1-10-8-11(2)15(12(3)9-10)17-18-14-7-5-4-6-13(14)16(20)19-17/h4-9,18H,1-3H3,(H,19,20). The van der Waals surface area contributed by atoms with Crippen molar-refractivity contribution in [2.24, 2.45) is 0 Å². The predicted molar refractivity (Wildman–Crippen MR) is 83.6 cm³/mol. The van der Waals surface area contributed by atoms with Gasteiger partial charge in [0.25, 0.3) is 0 Å². The van der Waals surface area contributed by atoms with Gasteiger partial charge in [-0.3, -0.25) is 4.79 Å². The molecule has 3 rings (SSSR count). The summed E-state index contributed by atoms with van der Waals surface area (Å²) in [6.45, 7) is 6.09. The molecule has 0 atom stereocenters. The molecule has 2 N–H and O–H groups in total. The molecule has 20 heavy (non-hydrogen) atoms. The smallest absolute Gasteiger partial charge is 0.405 e. The number of anilines is 1. The van der Waals surface area contributed by atoms with Gasteiger partial charge in [-0.15, -0.1) is 0 Å². The highest BCUT2D eigenvalue weighted by atomic mass is 16.1. The Labute approximate surface area is 119 Å². The molecular weight excluding hydrogens is 247 g/mol. The number of hydrogen-bond acceptors (Lipinski definition) is 2. The van der Waals surface area contributed by atoms with Gasteiger partial charge in [-0.1, -0.05) is 41.0 Å². The summed E-state index contributed by atoms with van der Waals surface area (Å²) in [7, 11) is 0. The van der Waals surface area contributed by atoms with Crippen LogP contribution in [0.1, 0.15) is 27.0 Å². The molecule has 0 bridgehead atoms. The van der Waals surface area contributed by atoms with Gasteiger partial charge in [0.1, 0.15) is 0 Å². The van der Waals surface area contributed by atoms with Gasteiger partial charge in [0, 0.05) is 5.69 Å². The molecule has 100 valence electrons. The highest BCUT2D eigenvalue weighted by molar-refractivity contribution is 6.78. The molecule has 0 radical (unpaired) electrons. The van der Waals surface area contributed by atoms with Gasteiger partial charge in [0.2, 0.25) is 5.91 Å². The van der Waals surface area contributed by atoms with E-state index in [4.69, 9.17) is 0 Å². The Morgan fingerprint density at radius 1 is 0.950 bits per heavy atom. The van der Waals surface area contributed by atoms with E-state index in [0.29, 0.717) is 5.56 Å². The lowest BCUT2D eigenvalue weighted by molar-refractivity contribution is 0.0979. The molecule has 0 spiro atoms. The summed E-state index contributed by atoms with van der Waals surface area (Å²) in [5, 5.41) is 6.45. The van der Waals surface area contributed by atoms with Crippen LogP contribution in [0.3, 0.4) is 0 Å². The van der Waals surface area contributed by atoms with Crippen LogP contribution in [-0.2, 0) is 0 Å². The van der Waals surface area contributed by atoms with Gasteiger partial charge in [-0.05, 0) is 38.4 Å². The fourth-order valence-electron chi connectivity index (χ4n) is 3.00. The van der Waals surface area contributed by atoms with Gasteiger partial charge < -0.3 is 10.5 Å². The molecule has 0 fully saturated rings. The number of hydrogen-bond donors (Lipinski definition) is 2. The SMILES string of the molecule is Cc1cc(C)c(B2NC(=O)c3ccccc3N2)c(C)c1. The first-order chi connectivity index (χ1) is 9.56. The maximum absolute atomic E-state index is 12.2. The molecule has 3 nitrogen and oxygen atoms in total. The number of aryl methyl sites for hydroxylation is 3. The first-order valence-corrected chi connectivity index (χ1v) is 6.80. The number of nitrogens with one attached hydrogen (secondary N) is 2. The second-order valence-electron chi connectivity index (χ2n) is 5.41. The van der Waals surface area contributed by atoms with E-state index in [2.05, 4.69) is 43.4 Å². The largest absolute Gasteiger partial charge is 0.409 e. The van der Waals surface area contributed by atoms with Gasteiger partial charge >= 0.3 is 6.98 Å². The third-order valence-electron chi connectivity index (χ3n) is 3.77. The number of benzene rings is 2. The summed E-state index contributed by atoms with van der Waals surface area (Å²) in [4.78, 5) is 12.2. The van der Waals surface area contributed by atoms with E-state index in [-0.39, 0.29) is 12.9 Å². The Bertz CT molecular complexity index is 674. The monoisotopic (exact) mass is 264 g/mol. The van der Waals surface area contributed by atoms with Crippen LogP contribution in [0.25, 0.3) is 0 Å². The average Bonchev–Trinajstić information content (AvgIpc) is 2.37. The van der Waals surface area contributed by atoms with Crippen molar-refractivity contribution in [2.75, 3.05) is 5.23 Å². The van der Waals surface area contributed by atoms with Crippen LogP contribution in [-0.4, -0.2) is 12.9 Å². The molecule has 0 unspecified atom stereocenters. The normalized spacial score (nSPS) is 13.6. The highest BCUT2D eigenvalue weighted by Gasteiger charge is 2.30. The zero-order valence-electron chi connectivity index (χ0n) is 11.9. The summed E-state index contributed by atoms with van der Waals surface area (Å²) in [6.07, 6.45) is 0. The first-order valence-electron chi connectivity index (χ1n) is 6.80. The predicted octanol–water partition coefficient (Wildman–Crippen LogP) is 2.16. The number of carbonyl (C=O) groups excluding carboxylic acids is 1. The number of carbonyl (C=O) groups is 1.